The van der Waals surface area contributed by atoms with Crippen LogP contribution in [0.4, 0.5) is 0 Å². The van der Waals surface area contributed by atoms with Gasteiger partial charge in [-0.1, -0.05) is 37.0 Å². The Morgan fingerprint density at radius 2 is 1.93 bits per heavy atom. The molecule has 1 heteroatoms. The summed E-state index contributed by atoms with van der Waals surface area (Å²) in [5.41, 5.74) is -0.238. The van der Waals surface area contributed by atoms with Gasteiger partial charge in [0.25, 0.3) is 0 Å². The predicted octanol–water partition coefficient (Wildman–Crippen LogP) is 3.43. The molecule has 0 aromatic carbocycles. The van der Waals surface area contributed by atoms with E-state index in [9.17, 15) is 4.79 Å². The first-order chi connectivity index (χ1) is 6.71. The van der Waals surface area contributed by atoms with Crippen LogP contribution in [-0.4, -0.2) is 5.78 Å². The lowest BCUT2D eigenvalue weighted by molar-refractivity contribution is -0.124. The van der Waals surface area contributed by atoms with Gasteiger partial charge in [0.2, 0.25) is 0 Å². The number of ketones is 1. The minimum atomic E-state index is -0.238. The van der Waals surface area contributed by atoms with Crippen molar-refractivity contribution < 1.29 is 4.79 Å². The number of rotatable bonds is 3. The van der Waals surface area contributed by atoms with Crippen LogP contribution in [0.3, 0.4) is 0 Å². The molecule has 76 valence electrons. The van der Waals surface area contributed by atoms with Gasteiger partial charge in [-0.3, -0.25) is 4.79 Å². The van der Waals surface area contributed by atoms with Crippen molar-refractivity contribution in [2.45, 2.75) is 32.6 Å². The zero-order valence-corrected chi connectivity index (χ0v) is 8.83. The third kappa shape index (κ3) is 2.44. The molecule has 0 spiro atoms. The van der Waals surface area contributed by atoms with Crippen molar-refractivity contribution in [3.63, 3.8) is 0 Å². The van der Waals surface area contributed by atoms with Gasteiger partial charge in [-0.05, 0) is 32.6 Å². The molecule has 0 N–H and O–H groups in total. The highest BCUT2D eigenvalue weighted by molar-refractivity contribution is 5.84. The molecule has 0 unspecified atom stereocenters. The Kier molecular flexibility index (Phi) is 3.87. The number of hydrogen-bond donors (Lipinski definition) is 0. The fraction of sp³-hybridized carbons (Fsp3) is 0.462. The number of hydrogen-bond acceptors (Lipinski definition) is 1. The molecular weight excluding hydrogens is 172 g/mol. The average molecular weight is 190 g/mol. The minimum Gasteiger partial charge on any atom is -0.299 e. The maximum absolute atomic E-state index is 11.7. The topological polar surface area (TPSA) is 17.1 Å². The Morgan fingerprint density at radius 3 is 2.36 bits per heavy atom. The minimum absolute atomic E-state index is 0.238. The van der Waals surface area contributed by atoms with Gasteiger partial charge in [-0.15, -0.1) is 0 Å². The van der Waals surface area contributed by atoms with Crippen molar-refractivity contribution >= 4 is 5.78 Å². The predicted molar refractivity (Wildman–Crippen MR) is 60.1 cm³/mol. The Hall–Kier alpha value is -1.11. The second-order valence-electron chi connectivity index (χ2n) is 3.86. The fourth-order valence-electron chi connectivity index (χ4n) is 1.93. The lowest BCUT2D eigenvalue weighted by atomic mass is 9.76. The second kappa shape index (κ2) is 4.94. The van der Waals surface area contributed by atoms with Gasteiger partial charge in [0.15, 0.2) is 0 Å². The van der Waals surface area contributed by atoms with Gasteiger partial charge in [0, 0.05) is 5.41 Å². The SMILES string of the molecule is C=C/C=C\C1(C(C)=O)CCC=CCC1. The summed E-state index contributed by atoms with van der Waals surface area (Å²) in [5, 5.41) is 0. The molecule has 0 radical (unpaired) electrons. The van der Waals surface area contributed by atoms with Crippen LogP contribution in [0.25, 0.3) is 0 Å². The molecule has 1 nitrogen and oxygen atoms in total. The molecule has 14 heavy (non-hydrogen) atoms. The fourth-order valence-corrected chi connectivity index (χ4v) is 1.93. The molecule has 0 aromatic rings. The normalized spacial score (nSPS) is 20.6. The Bertz CT molecular complexity index is 261. The lowest BCUT2D eigenvalue weighted by Gasteiger charge is -2.25. The summed E-state index contributed by atoms with van der Waals surface area (Å²) in [7, 11) is 0. The summed E-state index contributed by atoms with van der Waals surface area (Å²) in [4.78, 5) is 11.7. The molecule has 0 saturated carbocycles. The summed E-state index contributed by atoms with van der Waals surface area (Å²) in [6, 6.07) is 0. The highest BCUT2D eigenvalue weighted by Crippen LogP contribution is 2.35. The molecule has 0 heterocycles. The van der Waals surface area contributed by atoms with Crippen LogP contribution in [0.5, 0.6) is 0 Å². The van der Waals surface area contributed by atoms with E-state index in [0.717, 1.165) is 25.7 Å². The highest BCUT2D eigenvalue weighted by Gasteiger charge is 2.31. The van der Waals surface area contributed by atoms with Crippen molar-refractivity contribution in [1.29, 1.82) is 0 Å². The van der Waals surface area contributed by atoms with E-state index in [1.807, 2.05) is 12.2 Å². The molecule has 1 rings (SSSR count). The molecule has 0 bridgehead atoms. The molecule has 0 aliphatic heterocycles. The van der Waals surface area contributed by atoms with Crippen molar-refractivity contribution in [2.24, 2.45) is 5.41 Å². The van der Waals surface area contributed by atoms with E-state index in [0.29, 0.717) is 0 Å². The van der Waals surface area contributed by atoms with E-state index in [1.54, 1.807) is 13.0 Å². The monoisotopic (exact) mass is 190 g/mol. The summed E-state index contributed by atoms with van der Waals surface area (Å²) in [6.07, 6.45) is 13.9. The number of carbonyl (C=O) groups is 1. The Morgan fingerprint density at radius 1 is 1.36 bits per heavy atom. The third-order valence-electron chi connectivity index (χ3n) is 2.93. The van der Waals surface area contributed by atoms with Crippen LogP contribution in [0, 0.1) is 5.41 Å². The summed E-state index contributed by atoms with van der Waals surface area (Å²) >= 11 is 0. The van der Waals surface area contributed by atoms with E-state index in [-0.39, 0.29) is 11.2 Å². The second-order valence-corrected chi connectivity index (χ2v) is 3.86. The third-order valence-corrected chi connectivity index (χ3v) is 2.93. The van der Waals surface area contributed by atoms with Crippen LogP contribution < -0.4 is 0 Å². The first-order valence-corrected chi connectivity index (χ1v) is 5.17. The van der Waals surface area contributed by atoms with Crippen molar-refractivity contribution in [3.8, 4) is 0 Å². The molecule has 1 aliphatic carbocycles. The molecular formula is C13H18O. The summed E-state index contributed by atoms with van der Waals surface area (Å²) < 4.78 is 0. The van der Waals surface area contributed by atoms with E-state index in [1.165, 1.54) is 0 Å². The molecule has 0 aromatic heterocycles. The van der Waals surface area contributed by atoms with Crippen molar-refractivity contribution in [3.05, 3.63) is 37.0 Å². The van der Waals surface area contributed by atoms with Gasteiger partial charge in [-0.25, -0.2) is 0 Å². The van der Waals surface area contributed by atoms with Crippen molar-refractivity contribution in [2.75, 3.05) is 0 Å². The molecule has 0 atom stereocenters. The zero-order chi connectivity index (χ0) is 10.4. The average Bonchev–Trinajstić information content (AvgIpc) is 2.41. The van der Waals surface area contributed by atoms with Gasteiger partial charge in [0.1, 0.15) is 5.78 Å². The van der Waals surface area contributed by atoms with E-state index < -0.39 is 0 Å². The number of carbonyl (C=O) groups excluding carboxylic acids is 1. The summed E-state index contributed by atoms with van der Waals surface area (Å²) in [6.45, 7) is 5.34. The number of allylic oxidation sites excluding steroid dienone is 5. The van der Waals surface area contributed by atoms with Crippen LogP contribution in [0.1, 0.15) is 32.6 Å². The van der Waals surface area contributed by atoms with Gasteiger partial charge in [-0.2, -0.15) is 0 Å². The zero-order valence-electron chi connectivity index (χ0n) is 8.83. The van der Waals surface area contributed by atoms with Crippen molar-refractivity contribution in [1.82, 2.24) is 0 Å². The molecule has 0 amide bonds. The van der Waals surface area contributed by atoms with E-state index in [4.69, 9.17) is 0 Å². The van der Waals surface area contributed by atoms with Crippen LogP contribution in [0.2, 0.25) is 0 Å². The van der Waals surface area contributed by atoms with Crippen LogP contribution in [-0.2, 0) is 4.79 Å². The smallest absolute Gasteiger partial charge is 0.139 e. The maximum Gasteiger partial charge on any atom is 0.139 e. The summed E-state index contributed by atoms with van der Waals surface area (Å²) in [5.74, 6) is 0.277. The largest absolute Gasteiger partial charge is 0.299 e. The van der Waals surface area contributed by atoms with Crippen LogP contribution in [0.15, 0.2) is 37.0 Å². The highest BCUT2D eigenvalue weighted by atomic mass is 16.1. The quantitative estimate of drug-likeness (QED) is 0.492. The molecule has 1 aliphatic rings. The lowest BCUT2D eigenvalue weighted by Crippen LogP contribution is -2.26. The van der Waals surface area contributed by atoms with Gasteiger partial charge in [0.05, 0.1) is 0 Å². The van der Waals surface area contributed by atoms with E-state index in [2.05, 4.69) is 18.7 Å². The van der Waals surface area contributed by atoms with Crippen LogP contribution >= 0.6 is 0 Å². The Labute approximate surface area is 86.2 Å². The molecule has 0 saturated heterocycles. The standard InChI is InChI=1S/C13H18O/c1-3-4-9-13(12(2)14)10-7-5-6-8-11-13/h3-6,9H,1,7-8,10-11H2,2H3/b9-4-. The maximum atomic E-state index is 11.7. The van der Waals surface area contributed by atoms with Gasteiger partial charge >= 0.3 is 0 Å². The molecule has 0 fully saturated rings. The number of Topliss-reactive ketones (excluding diaryl/α,β-unsaturated/α-hetero) is 1. The first-order valence-electron chi connectivity index (χ1n) is 5.17. The first kappa shape index (κ1) is 11.0. The Balaban J connectivity index is 2.85. The van der Waals surface area contributed by atoms with E-state index >= 15 is 0 Å². The van der Waals surface area contributed by atoms with Gasteiger partial charge < -0.3 is 0 Å².